The van der Waals surface area contributed by atoms with E-state index in [-0.39, 0.29) is 6.10 Å². The van der Waals surface area contributed by atoms with Crippen LogP contribution < -0.4 is 5.32 Å². The van der Waals surface area contributed by atoms with E-state index in [1.54, 1.807) is 0 Å². The van der Waals surface area contributed by atoms with Crippen LogP contribution >= 0.6 is 0 Å². The number of ether oxygens (including phenoxy) is 1. The van der Waals surface area contributed by atoms with E-state index in [0.29, 0.717) is 0 Å². The lowest BCUT2D eigenvalue weighted by Crippen LogP contribution is -2.33. The van der Waals surface area contributed by atoms with Gasteiger partial charge in [0.05, 0.1) is 18.3 Å². The molecule has 1 saturated heterocycles. The lowest BCUT2D eigenvalue weighted by molar-refractivity contribution is 0.0277. The maximum Gasteiger partial charge on any atom is 0.0949 e. The number of aliphatic hydroxyl groups is 1. The van der Waals surface area contributed by atoms with Gasteiger partial charge in [-0.2, -0.15) is 0 Å². The molecule has 1 aliphatic rings. The van der Waals surface area contributed by atoms with Gasteiger partial charge in [0.1, 0.15) is 0 Å². The van der Waals surface area contributed by atoms with Crippen molar-refractivity contribution in [2.24, 2.45) is 0 Å². The molecule has 0 amide bonds. The second kappa shape index (κ2) is 5.83. The molecule has 0 bridgehead atoms. The second-order valence-electron chi connectivity index (χ2n) is 5.62. The Morgan fingerprint density at radius 2 is 2.06 bits per heavy atom. The summed E-state index contributed by atoms with van der Waals surface area (Å²) in [7, 11) is 0. The molecule has 0 spiro atoms. The first-order valence-electron chi connectivity index (χ1n) is 6.68. The van der Waals surface area contributed by atoms with E-state index in [4.69, 9.17) is 4.74 Å². The van der Waals surface area contributed by atoms with Gasteiger partial charge in [-0.3, -0.25) is 0 Å². The summed E-state index contributed by atoms with van der Waals surface area (Å²) in [6.07, 6.45) is 1.88. The van der Waals surface area contributed by atoms with Gasteiger partial charge in [0, 0.05) is 13.1 Å². The number of hydrogen-bond donors (Lipinski definition) is 2. The molecule has 0 aliphatic carbocycles. The fraction of sp³-hybridized carbons (Fsp3) is 0.600. The highest BCUT2D eigenvalue weighted by Gasteiger charge is 2.16. The zero-order valence-corrected chi connectivity index (χ0v) is 11.3. The molecule has 1 aromatic carbocycles. The van der Waals surface area contributed by atoms with Crippen molar-refractivity contribution in [3.63, 3.8) is 0 Å². The minimum absolute atomic E-state index is 0.182. The molecule has 18 heavy (non-hydrogen) atoms. The zero-order valence-electron chi connectivity index (χ0n) is 11.3. The van der Waals surface area contributed by atoms with Crippen molar-refractivity contribution in [2.45, 2.75) is 38.4 Å². The molecule has 100 valence electrons. The summed E-state index contributed by atoms with van der Waals surface area (Å²) < 4.78 is 5.72. The van der Waals surface area contributed by atoms with Gasteiger partial charge in [-0.25, -0.2) is 0 Å². The summed E-state index contributed by atoms with van der Waals surface area (Å²) in [6, 6.07) is 8.55. The smallest absolute Gasteiger partial charge is 0.0949 e. The molecule has 1 heterocycles. The Kier molecular flexibility index (Phi) is 4.38. The number of rotatable bonds is 4. The normalized spacial score (nSPS) is 20.9. The largest absolute Gasteiger partial charge is 0.390 e. The standard InChI is InChI=1S/C15H23NO2/c1-15(2,17)8-7-12-3-5-13(6-4-12)14-11-16-9-10-18-14/h3-6,14,16-17H,7-11H2,1-2H3. The fourth-order valence-corrected chi connectivity index (χ4v) is 2.13. The molecule has 2 N–H and O–H groups in total. The van der Waals surface area contributed by atoms with Crippen LogP contribution in [0.25, 0.3) is 0 Å². The van der Waals surface area contributed by atoms with Crippen molar-refractivity contribution in [2.75, 3.05) is 19.7 Å². The summed E-state index contributed by atoms with van der Waals surface area (Å²) in [5, 5.41) is 13.0. The highest BCUT2D eigenvalue weighted by molar-refractivity contribution is 5.25. The molecule has 0 saturated carbocycles. The van der Waals surface area contributed by atoms with Crippen LogP contribution in [0, 0.1) is 0 Å². The average molecular weight is 249 g/mol. The first kappa shape index (κ1) is 13.5. The zero-order chi connectivity index (χ0) is 13.0. The Morgan fingerprint density at radius 3 is 2.61 bits per heavy atom. The van der Waals surface area contributed by atoms with E-state index in [1.807, 2.05) is 13.8 Å². The first-order valence-corrected chi connectivity index (χ1v) is 6.68. The molecule has 3 nitrogen and oxygen atoms in total. The third kappa shape index (κ3) is 4.09. The Morgan fingerprint density at radius 1 is 1.33 bits per heavy atom. The first-order chi connectivity index (χ1) is 8.54. The minimum Gasteiger partial charge on any atom is -0.390 e. The van der Waals surface area contributed by atoms with Crippen LogP contribution in [0.2, 0.25) is 0 Å². The van der Waals surface area contributed by atoms with E-state index in [0.717, 1.165) is 32.5 Å². The second-order valence-corrected chi connectivity index (χ2v) is 5.62. The number of benzene rings is 1. The van der Waals surface area contributed by atoms with Crippen LogP contribution in [-0.2, 0) is 11.2 Å². The lowest BCUT2D eigenvalue weighted by Gasteiger charge is -2.24. The fourth-order valence-electron chi connectivity index (χ4n) is 2.13. The predicted molar refractivity (Wildman–Crippen MR) is 72.6 cm³/mol. The van der Waals surface area contributed by atoms with Crippen LogP contribution in [-0.4, -0.2) is 30.4 Å². The van der Waals surface area contributed by atoms with Gasteiger partial charge >= 0.3 is 0 Å². The van der Waals surface area contributed by atoms with Crippen molar-refractivity contribution in [1.29, 1.82) is 0 Å². The van der Waals surface area contributed by atoms with E-state index in [1.165, 1.54) is 11.1 Å². The summed E-state index contributed by atoms with van der Waals surface area (Å²) >= 11 is 0. The number of hydrogen-bond acceptors (Lipinski definition) is 3. The van der Waals surface area contributed by atoms with E-state index >= 15 is 0 Å². The Bertz CT molecular complexity index is 361. The highest BCUT2D eigenvalue weighted by Crippen LogP contribution is 2.20. The van der Waals surface area contributed by atoms with Crippen LogP contribution in [0.5, 0.6) is 0 Å². The van der Waals surface area contributed by atoms with Gasteiger partial charge < -0.3 is 15.2 Å². The van der Waals surface area contributed by atoms with E-state index < -0.39 is 5.60 Å². The molecule has 1 aromatic rings. The Balaban J connectivity index is 1.92. The molecule has 0 aromatic heterocycles. The third-order valence-electron chi connectivity index (χ3n) is 3.30. The Labute approximate surface area is 109 Å². The van der Waals surface area contributed by atoms with E-state index in [9.17, 15) is 5.11 Å². The molecule has 0 radical (unpaired) electrons. The molecule has 1 fully saturated rings. The Hall–Kier alpha value is -0.900. The summed E-state index contributed by atoms with van der Waals surface area (Å²) in [5.74, 6) is 0. The van der Waals surface area contributed by atoms with Gasteiger partial charge in [-0.1, -0.05) is 24.3 Å². The maximum absolute atomic E-state index is 9.71. The van der Waals surface area contributed by atoms with Gasteiger partial charge in [-0.15, -0.1) is 0 Å². The lowest BCUT2D eigenvalue weighted by atomic mass is 9.97. The summed E-state index contributed by atoms with van der Waals surface area (Å²) in [5.41, 5.74) is 1.91. The third-order valence-corrected chi connectivity index (χ3v) is 3.30. The van der Waals surface area contributed by atoms with Crippen LogP contribution in [0.3, 0.4) is 0 Å². The molecule has 1 aliphatic heterocycles. The van der Waals surface area contributed by atoms with Crippen molar-refractivity contribution < 1.29 is 9.84 Å². The number of nitrogens with one attached hydrogen (secondary N) is 1. The van der Waals surface area contributed by atoms with E-state index in [2.05, 4.69) is 29.6 Å². The van der Waals surface area contributed by atoms with Crippen molar-refractivity contribution in [3.05, 3.63) is 35.4 Å². The molecule has 3 heteroatoms. The summed E-state index contributed by atoms with van der Waals surface area (Å²) in [6.45, 7) is 6.32. The van der Waals surface area contributed by atoms with Crippen LogP contribution in [0.4, 0.5) is 0 Å². The van der Waals surface area contributed by atoms with Crippen molar-refractivity contribution in [1.82, 2.24) is 5.32 Å². The highest BCUT2D eigenvalue weighted by atomic mass is 16.5. The van der Waals surface area contributed by atoms with Gasteiger partial charge in [0.2, 0.25) is 0 Å². The maximum atomic E-state index is 9.71. The molecule has 2 rings (SSSR count). The summed E-state index contributed by atoms with van der Waals surface area (Å²) in [4.78, 5) is 0. The number of aryl methyl sites for hydroxylation is 1. The van der Waals surface area contributed by atoms with Crippen molar-refractivity contribution >= 4 is 0 Å². The molecular weight excluding hydrogens is 226 g/mol. The quantitative estimate of drug-likeness (QED) is 0.858. The van der Waals surface area contributed by atoms with Gasteiger partial charge in [0.25, 0.3) is 0 Å². The van der Waals surface area contributed by atoms with Crippen molar-refractivity contribution in [3.8, 4) is 0 Å². The minimum atomic E-state index is -0.588. The number of morpholine rings is 1. The average Bonchev–Trinajstić information content (AvgIpc) is 2.37. The predicted octanol–water partition coefficient (Wildman–Crippen LogP) is 2.05. The molecular formula is C15H23NO2. The van der Waals surface area contributed by atoms with Gasteiger partial charge in [0.15, 0.2) is 0 Å². The topological polar surface area (TPSA) is 41.5 Å². The SMILES string of the molecule is CC(C)(O)CCc1ccc(C2CNCCO2)cc1. The molecule has 1 unspecified atom stereocenters. The van der Waals surface area contributed by atoms with Crippen LogP contribution in [0.1, 0.15) is 37.5 Å². The molecule has 1 atom stereocenters. The monoisotopic (exact) mass is 249 g/mol. The van der Waals surface area contributed by atoms with Gasteiger partial charge in [-0.05, 0) is 37.8 Å². The van der Waals surface area contributed by atoms with Crippen LogP contribution in [0.15, 0.2) is 24.3 Å².